The monoisotopic (exact) mass is 258 g/mol. The summed E-state index contributed by atoms with van der Waals surface area (Å²) in [4.78, 5) is 14.9. The summed E-state index contributed by atoms with van der Waals surface area (Å²) >= 11 is 0. The van der Waals surface area contributed by atoms with Gasteiger partial charge in [-0.2, -0.15) is 0 Å². The Balaban J connectivity index is 0.00000144. The molecule has 0 atom stereocenters. The Morgan fingerprint density at radius 1 is 1.47 bits per heavy atom. The predicted octanol–water partition coefficient (Wildman–Crippen LogP) is 1.33. The van der Waals surface area contributed by atoms with Crippen molar-refractivity contribution in [2.75, 3.05) is 13.1 Å². The van der Waals surface area contributed by atoms with E-state index in [0.29, 0.717) is 0 Å². The molecule has 1 fully saturated rings. The maximum Gasteiger partial charge on any atom is 0.341 e. The lowest BCUT2D eigenvalue weighted by Crippen LogP contribution is -2.34. The Morgan fingerprint density at radius 3 is 2.82 bits per heavy atom. The molecule has 0 saturated carbocycles. The summed E-state index contributed by atoms with van der Waals surface area (Å²) in [5, 5.41) is 12.2. The van der Waals surface area contributed by atoms with Crippen LogP contribution in [0.1, 0.15) is 23.2 Å². The molecule has 0 aromatic carbocycles. The third-order valence-electron chi connectivity index (χ3n) is 2.57. The number of carboxylic acid groups (broad SMARTS) is 1. The van der Waals surface area contributed by atoms with Gasteiger partial charge in [0.1, 0.15) is 11.7 Å². The van der Waals surface area contributed by atoms with Crippen LogP contribution in [0, 0.1) is 0 Å². The molecule has 6 heteroatoms. The number of carbonyl (C=O) groups is 1. The van der Waals surface area contributed by atoms with Crippen molar-refractivity contribution < 1.29 is 14.6 Å². The van der Waals surface area contributed by atoms with Gasteiger partial charge in [-0.3, -0.25) is 0 Å². The number of aromatic carboxylic acids is 1. The van der Waals surface area contributed by atoms with Gasteiger partial charge < -0.3 is 15.2 Å². The van der Waals surface area contributed by atoms with Crippen LogP contribution in [-0.2, 0) is 0 Å². The maximum absolute atomic E-state index is 10.9. The third kappa shape index (κ3) is 3.57. The number of ether oxygens (including phenoxy) is 1. The molecule has 17 heavy (non-hydrogen) atoms. The first-order valence-corrected chi connectivity index (χ1v) is 5.33. The molecule has 0 amide bonds. The smallest absolute Gasteiger partial charge is 0.341 e. The van der Waals surface area contributed by atoms with Gasteiger partial charge in [0, 0.05) is 6.20 Å². The Labute approximate surface area is 106 Å². The summed E-state index contributed by atoms with van der Waals surface area (Å²) in [5.41, 5.74) is 0.126. The van der Waals surface area contributed by atoms with Crippen molar-refractivity contribution in [3.63, 3.8) is 0 Å². The molecule has 1 aliphatic heterocycles. The van der Waals surface area contributed by atoms with Crippen LogP contribution in [-0.4, -0.2) is 35.3 Å². The number of carboxylic acids is 1. The molecule has 1 aliphatic rings. The summed E-state index contributed by atoms with van der Waals surface area (Å²) in [7, 11) is 0. The molecule has 0 unspecified atom stereocenters. The maximum atomic E-state index is 10.9. The highest BCUT2D eigenvalue weighted by molar-refractivity contribution is 5.90. The third-order valence-corrected chi connectivity index (χ3v) is 2.57. The van der Waals surface area contributed by atoms with Crippen molar-refractivity contribution in [2.45, 2.75) is 18.9 Å². The highest BCUT2D eigenvalue weighted by Gasteiger charge is 2.18. The molecule has 1 aromatic rings. The van der Waals surface area contributed by atoms with E-state index in [9.17, 15) is 4.79 Å². The zero-order valence-corrected chi connectivity index (χ0v) is 10.1. The summed E-state index contributed by atoms with van der Waals surface area (Å²) in [6, 6.07) is 3.10. The molecule has 94 valence electrons. The van der Waals surface area contributed by atoms with Crippen LogP contribution < -0.4 is 10.1 Å². The van der Waals surface area contributed by atoms with Gasteiger partial charge in [0.25, 0.3) is 0 Å². The SMILES string of the molecule is Cl.O=C(O)c1cccnc1OC1CCNCC1. The number of nitrogens with zero attached hydrogens (tertiary/aromatic N) is 1. The number of halogens is 1. The van der Waals surface area contributed by atoms with E-state index < -0.39 is 5.97 Å². The van der Waals surface area contributed by atoms with E-state index in [1.807, 2.05) is 0 Å². The number of hydrogen-bond acceptors (Lipinski definition) is 4. The average Bonchev–Trinajstić information content (AvgIpc) is 2.31. The quantitative estimate of drug-likeness (QED) is 0.856. The van der Waals surface area contributed by atoms with Crippen LogP contribution in [0.4, 0.5) is 0 Å². The molecular weight excluding hydrogens is 244 g/mol. The summed E-state index contributed by atoms with van der Waals surface area (Å²) in [5.74, 6) is -0.779. The second-order valence-electron chi connectivity index (χ2n) is 3.73. The highest BCUT2D eigenvalue weighted by Crippen LogP contribution is 2.18. The average molecular weight is 259 g/mol. The fourth-order valence-electron chi connectivity index (χ4n) is 1.72. The Kier molecular flexibility index (Phi) is 5.18. The second-order valence-corrected chi connectivity index (χ2v) is 3.73. The molecule has 2 N–H and O–H groups in total. The Morgan fingerprint density at radius 2 is 2.18 bits per heavy atom. The topological polar surface area (TPSA) is 71.5 Å². The Bertz CT molecular complexity index is 381. The van der Waals surface area contributed by atoms with Gasteiger partial charge in [0.15, 0.2) is 0 Å². The number of hydrogen-bond donors (Lipinski definition) is 2. The van der Waals surface area contributed by atoms with Crippen molar-refractivity contribution in [1.82, 2.24) is 10.3 Å². The molecule has 0 radical (unpaired) electrons. The van der Waals surface area contributed by atoms with E-state index in [4.69, 9.17) is 9.84 Å². The fourth-order valence-corrected chi connectivity index (χ4v) is 1.72. The predicted molar refractivity (Wildman–Crippen MR) is 65.0 cm³/mol. The molecule has 0 bridgehead atoms. The highest BCUT2D eigenvalue weighted by atomic mass is 35.5. The van der Waals surface area contributed by atoms with Crippen molar-refractivity contribution in [3.05, 3.63) is 23.9 Å². The second kappa shape index (κ2) is 6.42. The van der Waals surface area contributed by atoms with E-state index in [1.54, 1.807) is 12.3 Å². The van der Waals surface area contributed by atoms with E-state index in [-0.39, 0.29) is 30.0 Å². The van der Waals surface area contributed by atoms with Crippen LogP contribution in [0.15, 0.2) is 18.3 Å². The summed E-state index contributed by atoms with van der Waals surface area (Å²) in [6.45, 7) is 1.81. The largest absolute Gasteiger partial charge is 0.477 e. The number of rotatable bonds is 3. The van der Waals surface area contributed by atoms with Crippen LogP contribution in [0.5, 0.6) is 5.88 Å². The normalized spacial score (nSPS) is 16.0. The van der Waals surface area contributed by atoms with E-state index in [1.165, 1.54) is 6.07 Å². The first-order valence-electron chi connectivity index (χ1n) is 5.33. The Hall–Kier alpha value is -1.33. The van der Waals surface area contributed by atoms with Gasteiger partial charge >= 0.3 is 5.97 Å². The van der Waals surface area contributed by atoms with Gasteiger partial charge in [0.2, 0.25) is 5.88 Å². The first kappa shape index (κ1) is 13.7. The van der Waals surface area contributed by atoms with Gasteiger partial charge in [-0.25, -0.2) is 9.78 Å². The summed E-state index contributed by atoms with van der Waals surface area (Å²) < 4.78 is 5.62. The molecule has 2 heterocycles. The fraction of sp³-hybridized carbons (Fsp3) is 0.455. The van der Waals surface area contributed by atoms with E-state index in [0.717, 1.165) is 25.9 Å². The molecule has 1 saturated heterocycles. The van der Waals surface area contributed by atoms with Gasteiger partial charge in [0.05, 0.1) is 0 Å². The van der Waals surface area contributed by atoms with Crippen molar-refractivity contribution >= 4 is 18.4 Å². The minimum absolute atomic E-state index is 0. The number of aromatic nitrogens is 1. The number of nitrogens with one attached hydrogen (secondary N) is 1. The summed E-state index contributed by atoms with van der Waals surface area (Å²) in [6.07, 6.45) is 3.38. The number of piperidine rings is 1. The van der Waals surface area contributed by atoms with Crippen molar-refractivity contribution in [1.29, 1.82) is 0 Å². The zero-order valence-electron chi connectivity index (χ0n) is 9.26. The zero-order chi connectivity index (χ0) is 11.4. The molecule has 1 aromatic heterocycles. The lowest BCUT2D eigenvalue weighted by molar-refractivity contribution is 0.0684. The van der Waals surface area contributed by atoms with E-state index in [2.05, 4.69) is 10.3 Å². The molecule has 0 aliphatic carbocycles. The van der Waals surface area contributed by atoms with Crippen molar-refractivity contribution in [3.8, 4) is 5.88 Å². The van der Waals surface area contributed by atoms with Crippen LogP contribution in [0.2, 0.25) is 0 Å². The van der Waals surface area contributed by atoms with Crippen molar-refractivity contribution in [2.24, 2.45) is 0 Å². The molecular formula is C11H15ClN2O3. The first-order chi connectivity index (χ1) is 7.77. The molecule has 5 nitrogen and oxygen atoms in total. The van der Waals surface area contributed by atoms with Gasteiger partial charge in [-0.1, -0.05) is 0 Å². The van der Waals surface area contributed by atoms with Gasteiger partial charge in [-0.15, -0.1) is 12.4 Å². The van der Waals surface area contributed by atoms with Crippen LogP contribution >= 0.6 is 12.4 Å². The molecule has 2 rings (SSSR count). The molecule has 0 spiro atoms. The van der Waals surface area contributed by atoms with Gasteiger partial charge in [-0.05, 0) is 38.1 Å². The minimum Gasteiger partial charge on any atom is -0.477 e. The van der Waals surface area contributed by atoms with Crippen LogP contribution in [0.25, 0.3) is 0 Å². The lowest BCUT2D eigenvalue weighted by Gasteiger charge is -2.23. The standard InChI is InChI=1S/C11H14N2O3.ClH/c14-11(15)9-2-1-5-13-10(9)16-8-3-6-12-7-4-8;/h1-2,5,8,12H,3-4,6-7H2,(H,14,15);1H. The minimum atomic E-state index is -1.00. The van der Waals surface area contributed by atoms with Crippen LogP contribution in [0.3, 0.4) is 0 Å². The lowest BCUT2D eigenvalue weighted by atomic mass is 10.1. The van der Waals surface area contributed by atoms with E-state index >= 15 is 0 Å². The number of pyridine rings is 1.